The lowest BCUT2D eigenvalue weighted by Crippen LogP contribution is -2.46. The number of rotatable bonds is 7. The minimum absolute atomic E-state index is 0.00813. The maximum Gasteiger partial charge on any atom is 0.223 e. The number of hydrogen-bond donors (Lipinski definition) is 2. The molecule has 0 aromatic rings. The molecule has 0 aromatic heterocycles. The zero-order valence-electron chi connectivity index (χ0n) is 16.4. The summed E-state index contributed by atoms with van der Waals surface area (Å²) in [6, 6.07) is -0.0513. The predicted molar refractivity (Wildman–Crippen MR) is 102 cm³/mol. The molecule has 0 bridgehead atoms. The van der Waals surface area contributed by atoms with Gasteiger partial charge >= 0.3 is 0 Å². The van der Waals surface area contributed by atoms with Gasteiger partial charge in [0.15, 0.2) is 0 Å². The Labute approximate surface area is 158 Å². The van der Waals surface area contributed by atoms with E-state index in [-0.39, 0.29) is 17.9 Å². The summed E-state index contributed by atoms with van der Waals surface area (Å²) in [5.41, 5.74) is 0. The monoisotopic (exact) mass is 389 g/mol. The van der Waals surface area contributed by atoms with Crippen molar-refractivity contribution in [3.63, 3.8) is 0 Å². The van der Waals surface area contributed by atoms with Gasteiger partial charge in [0, 0.05) is 31.6 Å². The molecule has 1 aliphatic heterocycles. The second kappa shape index (κ2) is 9.48. The Morgan fingerprint density at radius 3 is 2.31 bits per heavy atom. The highest BCUT2D eigenvalue weighted by atomic mass is 32.2. The predicted octanol–water partition coefficient (Wildman–Crippen LogP) is 1.10. The number of sulfonamides is 1. The van der Waals surface area contributed by atoms with Crippen LogP contribution in [0.15, 0.2) is 0 Å². The summed E-state index contributed by atoms with van der Waals surface area (Å²) in [5, 5.41) is 3.04. The van der Waals surface area contributed by atoms with Crippen molar-refractivity contribution in [2.45, 2.75) is 63.7 Å². The van der Waals surface area contributed by atoms with E-state index < -0.39 is 14.8 Å². The molecule has 2 fully saturated rings. The Morgan fingerprint density at radius 1 is 1.12 bits per heavy atom. The summed E-state index contributed by atoms with van der Waals surface area (Å²) in [4.78, 5) is 14.7. The molecule has 0 aromatic carbocycles. The van der Waals surface area contributed by atoms with E-state index in [0.29, 0.717) is 6.54 Å². The summed E-state index contributed by atoms with van der Waals surface area (Å²) < 4.78 is 31.8. The number of carbonyl (C=O) groups is 1. The quantitative estimate of drug-likeness (QED) is 0.637. The van der Waals surface area contributed by atoms with E-state index in [1.54, 1.807) is 20.8 Å². The van der Waals surface area contributed by atoms with Crippen molar-refractivity contribution in [3.8, 4) is 0 Å². The second-order valence-corrected chi connectivity index (χ2v) is 10.8. The van der Waals surface area contributed by atoms with Crippen molar-refractivity contribution in [1.29, 1.82) is 0 Å². The lowest BCUT2D eigenvalue weighted by molar-refractivity contribution is -0.126. The molecular weight excluding hydrogens is 354 g/mol. The van der Waals surface area contributed by atoms with Crippen LogP contribution in [0.2, 0.25) is 0 Å². The zero-order chi connectivity index (χ0) is 19.2. The molecule has 2 rings (SSSR count). The summed E-state index contributed by atoms with van der Waals surface area (Å²) >= 11 is 0. The van der Waals surface area contributed by atoms with E-state index in [2.05, 4.69) is 14.9 Å². The standard InChI is InChI=1S/C18H35N3O4S/c1-18(2,3)26(23,24)20-16-7-5-15(6-8-16)17(22)19-9-4-10-21-11-13-25-14-12-21/h15-16,20H,4-14H2,1-3H3,(H,19,22). The molecule has 0 atom stereocenters. The Kier molecular flexibility index (Phi) is 7.88. The smallest absolute Gasteiger partial charge is 0.223 e. The van der Waals surface area contributed by atoms with Gasteiger partial charge in [0.1, 0.15) is 0 Å². The van der Waals surface area contributed by atoms with E-state index in [4.69, 9.17) is 4.74 Å². The first-order valence-corrected chi connectivity index (χ1v) is 11.3. The number of hydrogen-bond acceptors (Lipinski definition) is 5. The zero-order valence-corrected chi connectivity index (χ0v) is 17.2. The Bertz CT molecular complexity index is 545. The van der Waals surface area contributed by atoms with Crippen molar-refractivity contribution >= 4 is 15.9 Å². The molecule has 0 unspecified atom stereocenters. The fourth-order valence-electron chi connectivity index (χ4n) is 3.35. The molecule has 0 spiro atoms. The minimum atomic E-state index is -3.33. The molecule has 1 saturated carbocycles. The molecule has 1 aliphatic carbocycles. The number of nitrogens with one attached hydrogen (secondary N) is 2. The minimum Gasteiger partial charge on any atom is -0.379 e. The number of morpholine rings is 1. The molecule has 26 heavy (non-hydrogen) atoms. The van der Waals surface area contributed by atoms with Crippen molar-refractivity contribution in [1.82, 2.24) is 14.9 Å². The lowest BCUT2D eigenvalue weighted by atomic mass is 9.86. The average molecular weight is 390 g/mol. The second-order valence-electron chi connectivity index (χ2n) is 8.38. The molecule has 1 saturated heterocycles. The summed E-state index contributed by atoms with van der Waals surface area (Å²) in [6.45, 7) is 10.3. The van der Waals surface area contributed by atoms with Crippen LogP contribution in [0.1, 0.15) is 52.9 Å². The fourth-order valence-corrected chi connectivity index (χ4v) is 4.38. The van der Waals surface area contributed by atoms with Crippen LogP contribution in [0, 0.1) is 5.92 Å². The summed E-state index contributed by atoms with van der Waals surface area (Å²) in [7, 11) is -3.33. The third-order valence-corrected chi connectivity index (χ3v) is 7.54. The Balaban J connectivity index is 1.63. The maximum atomic E-state index is 12.3. The number of amides is 1. The van der Waals surface area contributed by atoms with Gasteiger partial charge in [-0.15, -0.1) is 0 Å². The van der Waals surface area contributed by atoms with E-state index in [0.717, 1.165) is 65.0 Å². The van der Waals surface area contributed by atoms with Crippen LogP contribution in [-0.2, 0) is 19.6 Å². The van der Waals surface area contributed by atoms with Gasteiger partial charge < -0.3 is 10.1 Å². The Morgan fingerprint density at radius 2 is 1.73 bits per heavy atom. The van der Waals surface area contributed by atoms with Crippen LogP contribution in [0.25, 0.3) is 0 Å². The summed E-state index contributed by atoms with van der Waals surface area (Å²) in [6.07, 6.45) is 3.88. The highest BCUT2D eigenvalue weighted by molar-refractivity contribution is 7.90. The third-order valence-electron chi connectivity index (χ3n) is 5.28. The normalized spacial score (nSPS) is 25.8. The molecule has 7 nitrogen and oxygen atoms in total. The van der Waals surface area contributed by atoms with Gasteiger partial charge in [0.25, 0.3) is 0 Å². The molecule has 1 amide bonds. The van der Waals surface area contributed by atoms with Crippen LogP contribution in [0.3, 0.4) is 0 Å². The molecule has 2 N–H and O–H groups in total. The van der Waals surface area contributed by atoms with Crippen LogP contribution in [-0.4, -0.2) is 69.4 Å². The molecule has 1 heterocycles. The molecule has 0 radical (unpaired) electrons. The fraction of sp³-hybridized carbons (Fsp3) is 0.944. The van der Waals surface area contributed by atoms with Crippen LogP contribution in [0.5, 0.6) is 0 Å². The topological polar surface area (TPSA) is 87.7 Å². The van der Waals surface area contributed by atoms with E-state index in [9.17, 15) is 13.2 Å². The molecular formula is C18H35N3O4S. The van der Waals surface area contributed by atoms with E-state index >= 15 is 0 Å². The molecule has 2 aliphatic rings. The van der Waals surface area contributed by atoms with E-state index in [1.807, 2.05) is 0 Å². The van der Waals surface area contributed by atoms with Crippen LogP contribution >= 0.6 is 0 Å². The van der Waals surface area contributed by atoms with Gasteiger partial charge in [-0.2, -0.15) is 0 Å². The van der Waals surface area contributed by atoms with Crippen LogP contribution < -0.4 is 10.0 Å². The molecule has 8 heteroatoms. The first-order chi connectivity index (χ1) is 12.2. The van der Waals surface area contributed by atoms with Crippen molar-refractivity contribution < 1.29 is 17.9 Å². The van der Waals surface area contributed by atoms with Gasteiger partial charge in [-0.25, -0.2) is 13.1 Å². The number of ether oxygens (including phenoxy) is 1. The highest BCUT2D eigenvalue weighted by Crippen LogP contribution is 2.26. The molecule has 152 valence electrons. The lowest BCUT2D eigenvalue weighted by Gasteiger charge is -2.31. The largest absolute Gasteiger partial charge is 0.379 e. The average Bonchev–Trinajstić information content (AvgIpc) is 2.59. The van der Waals surface area contributed by atoms with Gasteiger partial charge in [0.05, 0.1) is 18.0 Å². The maximum absolute atomic E-state index is 12.3. The Hall–Kier alpha value is -0.700. The van der Waals surface area contributed by atoms with Gasteiger partial charge in [-0.3, -0.25) is 9.69 Å². The van der Waals surface area contributed by atoms with E-state index in [1.165, 1.54) is 0 Å². The highest BCUT2D eigenvalue weighted by Gasteiger charge is 2.33. The SMILES string of the molecule is CC(C)(C)S(=O)(=O)NC1CCC(C(=O)NCCCN2CCOCC2)CC1. The van der Waals surface area contributed by atoms with Crippen LogP contribution in [0.4, 0.5) is 0 Å². The summed E-state index contributed by atoms with van der Waals surface area (Å²) in [5.74, 6) is 0.123. The first kappa shape index (κ1) is 21.6. The number of nitrogens with zero attached hydrogens (tertiary/aromatic N) is 1. The first-order valence-electron chi connectivity index (χ1n) is 9.79. The third kappa shape index (κ3) is 6.48. The van der Waals surface area contributed by atoms with Gasteiger partial charge in [-0.05, 0) is 59.4 Å². The van der Waals surface area contributed by atoms with Gasteiger partial charge in [0.2, 0.25) is 15.9 Å². The van der Waals surface area contributed by atoms with Crippen molar-refractivity contribution in [3.05, 3.63) is 0 Å². The number of carbonyl (C=O) groups excluding carboxylic acids is 1. The van der Waals surface area contributed by atoms with Crippen molar-refractivity contribution in [2.75, 3.05) is 39.4 Å². The van der Waals surface area contributed by atoms with Gasteiger partial charge in [-0.1, -0.05) is 0 Å². The van der Waals surface area contributed by atoms with Crippen molar-refractivity contribution in [2.24, 2.45) is 5.92 Å².